The van der Waals surface area contributed by atoms with Gasteiger partial charge in [0.25, 0.3) is 0 Å². The highest BCUT2D eigenvalue weighted by molar-refractivity contribution is 5.79. The molecule has 0 aliphatic heterocycles. The smallest absolute Gasteiger partial charge is 0.317 e. The lowest BCUT2D eigenvalue weighted by Crippen LogP contribution is -2.25. The summed E-state index contributed by atoms with van der Waals surface area (Å²) in [6, 6.07) is 14.3. The van der Waals surface area contributed by atoms with Crippen molar-refractivity contribution in [3.63, 3.8) is 0 Å². The Balaban J connectivity index is 2.29. The maximum atomic E-state index is 13.6. The minimum absolute atomic E-state index is 0.0724. The SMILES string of the molecule is CC(C)c1ccc(C#C/C(=C/CN(C)CC(=O)O)c2cccc(F)c2)cc1. The molecular formula is C23H24FNO2. The quantitative estimate of drug-likeness (QED) is 0.772. The van der Waals surface area contributed by atoms with E-state index in [-0.39, 0.29) is 12.4 Å². The number of carboxylic acids is 1. The highest BCUT2D eigenvalue weighted by Crippen LogP contribution is 2.17. The third-order valence-corrected chi connectivity index (χ3v) is 4.07. The summed E-state index contributed by atoms with van der Waals surface area (Å²) in [4.78, 5) is 12.5. The molecule has 2 rings (SSSR count). The Hall–Kier alpha value is -2.90. The van der Waals surface area contributed by atoms with Crippen LogP contribution in [0.1, 0.15) is 36.5 Å². The number of aliphatic carboxylic acids is 1. The molecule has 140 valence electrons. The minimum atomic E-state index is -0.894. The van der Waals surface area contributed by atoms with E-state index in [2.05, 4.69) is 37.8 Å². The van der Waals surface area contributed by atoms with Gasteiger partial charge in [0.1, 0.15) is 5.82 Å². The minimum Gasteiger partial charge on any atom is -0.480 e. The van der Waals surface area contributed by atoms with Crippen molar-refractivity contribution >= 4 is 11.5 Å². The molecule has 0 unspecified atom stereocenters. The third kappa shape index (κ3) is 6.73. The van der Waals surface area contributed by atoms with E-state index in [4.69, 9.17) is 5.11 Å². The zero-order chi connectivity index (χ0) is 19.8. The van der Waals surface area contributed by atoms with Gasteiger partial charge in [-0.15, -0.1) is 0 Å². The maximum Gasteiger partial charge on any atom is 0.317 e. The molecule has 0 aliphatic rings. The van der Waals surface area contributed by atoms with Gasteiger partial charge in [-0.3, -0.25) is 9.69 Å². The number of benzene rings is 2. The molecule has 0 spiro atoms. The van der Waals surface area contributed by atoms with Gasteiger partial charge < -0.3 is 5.11 Å². The highest BCUT2D eigenvalue weighted by Gasteiger charge is 2.05. The number of carboxylic acid groups (broad SMARTS) is 1. The van der Waals surface area contributed by atoms with Crippen LogP contribution in [0.2, 0.25) is 0 Å². The number of likely N-dealkylation sites (N-methyl/N-ethyl adjacent to an activating group) is 1. The van der Waals surface area contributed by atoms with Crippen molar-refractivity contribution in [3.8, 4) is 11.8 Å². The molecule has 0 bridgehead atoms. The Bertz CT molecular complexity index is 873. The second-order valence-corrected chi connectivity index (χ2v) is 6.75. The lowest BCUT2D eigenvalue weighted by atomic mass is 10.0. The molecule has 0 heterocycles. The van der Waals surface area contributed by atoms with Gasteiger partial charge in [-0.05, 0) is 48.4 Å². The maximum absolute atomic E-state index is 13.6. The van der Waals surface area contributed by atoms with E-state index in [1.807, 2.05) is 18.2 Å². The summed E-state index contributed by atoms with van der Waals surface area (Å²) in [7, 11) is 1.71. The number of hydrogen-bond acceptors (Lipinski definition) is 2. The molecule has 0 aromatic heterocycles. The number of hydrogen-bond donors (Lipinski definition) is 1. The second-order valence-electron chi connectivity index (χ2n) is 6.75. The number of allylic oxidation sites excluding steroid dienone is 1. The van der Waals surface area contributed by atoms with Crippen molar-refractivity contribution in [1.29, 1.82) is 0 Å². The van der Waals surface area contributed by atoms with Crippen LogP contribution < -0.4 is 0 Å². The molecule has 4 heteroatoms. The molecule has 0 radical (unpaired) electrons. The predicted octanol–water partition coefficient (Wildman–Crippen LogP) is 4.40. The predicted molar refractivity (Wildman–Crippen MR) is 107 cm³/mol. The van der Waals surface area contributed by atoms with Crippen LogP contribution in [0.4, 0.5) is 4.39 Å². The molecule has 0 amide bonds. The third-order valence-electron chi connectivity index (χ3n) is 4.07. The standard InChI is InChI=1S/C23H24FNO2/c1-17(2)19-10-7-18(8-11-19)9-12-20(13-14-25(3)16-23(26)27)21-5-4-6-22(24)15-21/h4-8,10-11,13,15,17H,14,16H2,1-3H3,(H,26,27)/b20-13-. The van der Waals surface area contributed by atoms with Crippen LogP contribution >= 0.6 is 0 Å². The van der Waals surface area contributed by atoms with Crippen molar-refractivity contribution in [2.75, 3.05) is 20.1 Å². The number of carbonyl (C=O) groups is 1. The first-order valence-electron chi connectivity index (χ1n) is 8.83. The first-order valence-corrected chi connectivity index (χ1v) is 8.83. The lowest BCUT2D eigenvalue weighted by Gasteiger charge is -2.11. The van der Waals surface area contributed by atoms with E-state index in [1.54, 1.807) is 24.1 Å². The molecule has 0 atom stereocenters. The van der Waals surface area contributed by atoms with Crippen molar-refractivity contribution in [2.45, 2.75) is 19.8 Å². The molecule has 0 fully saturated rings. The Morgan fingerprint density at radius 2 is 1.93 bits per heavy atom. The van der Waals surface area contributed by atoms with E-state index >= 15 is 0 Å². The Morgan fingerprint density at radius 3 is 2.52 bits per heavy atom. The van der Waals surface area contributed by atoms with Gasteiger partial charge >= 0.3 is 5.97 Å². The van der Waals surface area contributed by atoms with Crippen molar-refractivity contribution in [2.24, 2.45) is 0 Å². The van der Waals surface area contributed by atoms with Crippen LogP contribution in [0.15, 0.2) is 54.6 Å². The molecule has 0 saturated carbocycles. The fourth-order valence-corrected chi connectivity index (χ4v) is 2.53. The zero-order valence-electron chi connectivity index (χ0n) is 15.9. The lowest BCUT2D eigenvalue weighted by molar-refractivity contribution is -0.137. The van der Waals surface area contributed by atoms with Crippen LogP contribution in [0.25, 0.3) is 5.57 Å². The highest BCUT2D eigenvalue weighted by atomic mass is 19.1. The number of nitrogens with zero attached hydrogens (tertiary/aromatic N) is 1. The summed E-state index contributed by atoms with van der Waals surface area (Å²) in [5, 5.41) is 8.88. The van der Waals surface area contributed by atoms with Crippen LogP contribution in [0.5, 0.6) is 0 Å². The van der Waals surface area contributed by atoms with Gasteiger partial charge in [0.2, 0.25) is 0 Å². The van der Waals surface area contributed by atoms with Crippen molar-refractivity contribution < 1.29 is 14.3 Å². The molecule has 3 nitrogen and oxygen atoms in total. The molecule has 2 aromatic carbocycles. The van der Waals surface area contributed by atoms with Gasteiger partial charge in [-0.25, -0.2) is 4.39 Å². The van der Waals surface area contributed by atoms with E-state index in [0.717, 1.165) is 5.56 Å². The van der Waals surface area contributed by atoms with E-state index < -0.39 is 5.97 Å². The average molecular weight is 365 g/mol. The molecule has 2 aromatic rings. The van der Waals surface area contributed by atoms with Crippen molar-refractivity contribution in [3.05, 3.63) is 77.1 Å². The number of rotatable bonds is 6. The summed E-state index contributed by atoms with van der Waals surface area (Å²) in [6.07, 6.45) is 1.83. The molecule has 27 heavy (non-hydrogen) atoms. The zero-order valence-corrected chi connectivity index (χ0v) is 15.9. The summed E-state index contributed by atoms with van der Waals surface area (Å²) in [6.45, 7) is 4.61. The fraction of sp³-hybridized carbons (Fsp3) is 0.261. The summed E-state index contributed by atoms with van der Waals surface area (Å²) < 4.78 is 13.6. The largest absolute Gasteiger partial charge is 0.480 e. The normalized spacial score (nSPS) is 11.4. The van der Waals surface area contributed by atoms with Crippen LogP contribution in [0.3, 0.4) is 0 Å². The van der Waals surface area contributed by atoms with Crippen LogP contribution in [0, 0.1) is 17.7 Å². The topological polar surface area (TPSA) is 40.5 Å². The first-order chi connectivity index (χ1) is 12.8. The molecule has 0 aliphatic carbocycles. The summed E-state index contributed by atoms with van der Waals surface area (Å²) in [5.74, 6) is 5.46. The van der Waals surface area contributed by atoms with Gasteiger partial charge in [-0.1, -0.05) is 56.0 Å². The Morgan fingerprint density at radius 1 is 1.22 bits per heavy atom. The van der Waals surface area contributed by atoms with Gasteiger partial charge in [-0.2, -0.15) is 0 Å². The monoisotopic (exact) mass is 365 g/mol. The molecular weight excluding hydrogens is 341 g/mol. The van der Waals surface area contributed by atoms with E-state index in [9.17, 15) is 9.18 Å². The van der Waals surface area contributed by atoms with Gasteiger partial charge in [0.15, 0.2) is 0 Å². The second kappa shape index (κ2) is 9.70. The summed E-state index contributed by atoms with van der Waals surface area (Å²) in [5.41, 5.74) is 3.46. The average Bonchev–Trinajstić information content (AvgIpc) is 2.61. The Kier molecular flexibility index (Phi) is 7.34. The van der Waals surface area contributed by atoms with E-state index in [0.29, 0.717) is 23.6 Å². The van der Waals surface area contributed by atoms with Crippen LogP contribution in [-0.2, 0) is 4.79 Å². The van der Waals surface area contributed by atoms with Crippen molar-refractivity contribution in [1.82, 2.24) is 4.90 Å². The summed E-state index contributed by atoms with van der Waals surface area (Å²) >= 11 is 0. The molecule has 1 N–H and O–H groups in total. The first kappa shape index (κ1) is 20.4. The fourth-order valence-electron chi connectivity index (χ4n) is 2.53. The van der Waals surface area contributed by atoms with Gasteiger partial charge in [0, 0.05) is 17.7 Å². The Labute approximate surface area is 160 Å². The number of halogens is 1. The van der Waals surface area contributed by atoms with Crippen LogP contribution in [-0.4, -0.2) is 36.1 Å². The molecule has 0 saturated heterocycles. The van der Waals surface area contributed by atoms with E-state index in [1.165, 1.54) is 17.7 Å². The van der Waals surface area contributed by atoms with Gasteiger partial charge in [0.05, 0.1) is 6.54 Å².